The number of hydrogen-bond acceptors (Lipinski definition) is 1. The van der Waals surface area contributed by atoms with Gasteiger partial charge in [0, 0.05) is 5.02 Å². The number of halogens is 1. The largest absolute Gasteiger partial charge is 0.393 e. The number of aliphatic hydroxyl groups is 1. The minimum Gasteiger partial charge on any atom is -0.393 e. The van der Waals surface area contributed by atoms with Crippen LogP contribution in [0.25, 0.3) is 0 Å². The third-order valence-electron chi connectivity index (χ3n) is 2.76. The van der Waals surface area contributed by atoms with E-state index in [1.165, 1.54) is 5.56 Å². The first-order chi connectivity index (χ1) is 6.25. The van der Waals surface area contributed by atoms with E-state index in [1.54, 1.807) is 0 Å². The molecular weight excluding hydrogens is 184 g/mol. The normalized spacial score (nSPS) is 26.9. The maximum atomic E-state index is 9.41. The van der Waals surface area contributed by atoms with Gasteiger partial charge in [0.05, 0.1) is 6.10 Å². The lowest BCUT2D eigenvalue weighted by atomic mass is 9.78. The third-order valence-corrected chi connectivity index (χ3v) is 3.00. The fourth-order valence-electron chi connectivity index (χ4n) is 1.76. The Kier molecular flexibility index (Phi) is 2.56. The third kappa shape index (κ3) is 2.04. The lowest BCUT2D eigenvalue weighted by molar-refractivity contribution is 0.0244. The summed E-state index contributed by atoms with van der Waals surface area (Å²) in [6, 6.07) is 7.88. The molecule has 2 unspecified atom stereocenters. The summed E-state index contributed by atoms with van der Waals surface area (Å²) in [5.74, 6) is 0.457. The van der Waals surface area contributed by atoms with Gasteiger partial charge in [0.2, 0.25) is 0 Å². The summed E-state index contributed by atoms with van der Waals surface area (Å²) in [7, 11) is 0. The molecule has 0 saturated heterocycles. The second-order valence-electron chi connectivity index (χ2n) is 3.74. The van der Waals surface area contributed by atoms with Crippen molar-refractivity contribution in [3.63, 3.8) is 0 Å². The smallest absolute Gasteiger partial charge is 0.0571 e. The zero-order valence-corrected chi connectivity index (χ0v) is 8.17. The fraction of sp³-hybridized carbons (Fsp3) is 0.455. The molecule has 1 nitrogen and oxygen atoms in total. The van der Waals surface area contributed by atoms with Gasteiger partial charge in [-0.15, -0.1) is 0 Å². The summed E-state index contributed by atoms with van der Waals surface area (Å²) in [5, 5.41) is 10.2. The Hall–Kier alpha value is -0.530. The van der Waals surface area contributed by atoms with Crippen molar-refractivity contribution in [2.24, 2.45) is 5.92 Å². The highest BCUT2D eigenvalue weighted by atomic mass is 35.5. The predicted octanol–water partition coefficient (Wildman–Crippen LogP) is 2.65. The van der Waals surface area contributed by atoms with Gasteiger partial charge in [0.25, 0.3) is 0 Å². The highest BCUT2D eigenvalue weighted by Crippen LogP contribution is 2.30. The van der Waals surface area contributed by atoms with Crippen LogP contribution in [0.2, 0.25) is 5.02 Å². The van der Waals surface area contributed by atoms with Crippen molar-refractivity contribution in [3.05, 3.63) is 34.9 Å². The lowest BCUT2D eigenvalue weighted by Gasteiger charge is -2.32. The molecule has 0 aliphatic heterocycles. The minimum atomic E-state index is -0.0843. The van der Waals surface area contributed by atoms with Crippen LogP contribution in [-0.4, -0.2) is 11.2 Å². The molecule has 0 bridgehead atoms. The summed E-state index contributed by atoms with van der Waals surface area (Å²) in [4.78, 5) is 0. The second-order valence-corrected chi connectivity index (χ2v) is 4.18. The highest BCUT2D eigenvalue weighted by molar-refractivity contribution is 6.30. The van der Waals surface area contributed by atoms with Crippen LogP contribution in [0, 0.1) is 5.92 Å². The molecule has 2 rings (SSSR count). The first-order valence-electron chi connectivity index (χ1n) is 4.68. The lowest BCUT2D eigenvalue weighted by Crippen LogP contribution is -2.32. The van der Waals surface area contributed by atoms with Crippen molar-refractivity contribution >= 4 is 11.6 Å². The molecule has 1 fully saturated rings. The molecule has 70 valence electrons. The fourth-order valence-corrected chi connectivity index (χ4v) is 1.97. The molecular formula is C11H13ClO. The Morgan fingerprint density at radius 1 is 1.38 bits per heavy atom. The average Bonchev–Trinajstić information content (AvgIpc) is 2.12. The van der Waals surface area contributed by atoms with E-state index in [4.69, 9.17) is 11.6 Å². The van der Waals surface area contributed by atoms with Gasteiger partial charge in [-0.25, -0.2) is 0 Å². The topological polar surface area (TPSA) is 20.2 Å². The van der Waals surface area contributed by atoms with Gasteiger partial charge in [0.1, 0.15) is 0 Å². The molecule has 0 amide bonds. The van der Waals surface area contributed by atoms with Crippen LogP contribution < -0.4 is 0 Å². The molecule has 1 N–H and O–H groups in total. The molecule has 1 aliphatic carbocycles. The van der Waals surface area contributed by atoms with Crippen LogP contribution in [-0.2, 0) is 6.42 Å². The maximum absolute atomic E-state index is 9.41. The molecule has 2 atom stereocenters. The number of aliphatic hydroxyl groups excluding tert-OH is 1. The van der Waals surface area contributed by atoms with Gasteiger partial charge in [-0.05, 0) is 42.9 Å². The van der Waals surface area contributed by atoms with E-state index in [9.17, 15) is 5.11 Å². The van der Waals surface area contributed by atoms with E-state index >= 15 is 0 Å². The van der Waals surface area contributed by atoms with E-state index < -0.39 is 0 Å². The van der Waals surface area contributed by atoms with Gasteiger partial charge in [-0.1, -0.05) is 23.7 Å². The standard InChI is InChI=1S/C11H13ClO/c12-10-3-1-2-8(7-10)6-9-4-5-11(9)13/h1-3,7,9,11,13H,4-6H2. The summed E-state index contributed by atoms with van der Waals surface area (Å²) in [6.07, 6.45) is 2.99. The first kappa shape index (κ1) is 9.04. The molecule has 1 saturated carbocycles. The van der Waals surface area contributed by atoms with Crippen LogP contribution in [0.3, 0.4) is 0 Å². The SMILES string of the molecule is OC1CCC1Cc1cccc(Cl)c1. The van der Waals surface area contributed by atoms with E-state index in [-0.39, 0.29) is 6.10 Å². The molecule has 13 heavy (non-hydrogen) atoms. The number of hydrogen-bond donors (Lipinski definition) is 1. The van der Waals surface area contributed by atoms with E-state index in [2.05, 4.69) is 6.07 Å². The van der Waals surface area contributed by atoms with Crippen LogP contribution >= 0.6 is 11.6 Å². The monoisotopic (exact) mass is 196 g/mol. The molecule has 0 radical (unpaired) electrons. The van der Waals surface area contributed by atoms with Crippen molar-refractivity contribution < 1.29 is 5.11 Å². The van der Waals surface area contributed by atoms with Gasteiger partial charge >= 0.3 is 0 Å². The summed E-state index contributed by atoms with van der Waals surface area (Å²) in [6.45, 7) is 0. The Bertz CT molecular complexity index is 298. The quantitative estimate of drug-likeness (QED) is 0.771. The summed E-state index contributed by atoms with van der Waals surface area (Å²) in [5.41, 5.74) is 1.23. The van der Waals surface area contributed by atoms with E-state index in [0.717, 1.165) is 24.3 Å². The predicted molar refractivity (Wildman–Crippen MR) is 53.9 cm³/mol. The van der Waals surface area contributed by atoms with Gasteiger partial charge < -0.3 is 5.11 Å². The van der Waals surface area contributed by atoms with Crippen LogP contribution in [0.1, 0.15) is 18.4 Å². The molecule has 0 spiro atoms. The molecule has 0 heterocycles. The van der Waals surface area contributed by atoms with Gasteiger partial charge in [-0.2, -0.15) is 0 Å². The van der Waals surface area contributed by atoms with E-state index in [1.807, 2.05) is 18.2 Å². The zero-order valence-electron chi connectivity index (χ0n) is 7.41. The molecule has 0 aromatic heterocycles. The van der Waals surface area contributed by atoms with Crippen LogP contribution in [0.5, 0.6) is 0 Å². The van der Waals surface area contributed by atoms with E-state index in [0.29, 0.717) is 5.92 Å². The van der Waals surface area contributed by atoms with Crippen molar-refractivity contribution in [3.8, 4) is 0 Å². The summed E-state index contributed by atoms with van der Waals surface area (Å²) >= 11 is 5.86. The second kappa shape index (κ2) is 3.69. The summed E-state index contributed by atoms with van der Waals surface area (Å²) < 4.78 is 0. The minimum absolute atomic E-state index is 0.0843. The van der Waals surface area contributed by atoms with Crippen LogP contribution in [0.4, 0.5) is 0 Å². The van der Waals surface area contributed by atoms with Crippen molar-refractivity contribution in [1.82, 2.24) is 0 Å². The van der Waals surface area contributed by atoms with Gasteiger partial charge in [-0.3, -0.25) is 0 Å². The van der Waals surface area contributed by atoms with Gasteiger partial charge in [0.15, 0.2) is 0 Å². The van der Waals surface area contributed by atoms with Crippen molar-refractivity contribution in [2.75, 3.05) is 0 Å². The Morgan fingerprint density at radius 2 is 2.23 bits per heavy atom. The maximum Gasteiger partial charge on any atom is 0.0571 e. The number of rotatable bonds is 2. The Balaban J connectivity index is 2.01. The average molecular weight is 197 g/mol. The van der Waals surface area contributed by atoms with Crippen LogP contribution in [0.15, 0.2) is 24.3 Å². The zero-order chi connectivity index (χ0) is 9.26. The Labute approximate surface area is 83.3 Å². The Morgan fingerprint density at radius 3 is 2.77 bits per heavy atom. The molecule has 1 aliphatic rings. The molecule has 1 aromatic rings. The highest BCUT2D eigenvalue weighted by Gasteiger charge is 2.28. The molecule has 2 heteroatoms. The molecule has 1 aromatic carbocycles. The van der Waals surface area contributed by atoms with Crippen molar-refractivity contribution in [2.45, 2.75) is 25.4 Å². The number of benzene rings is 1. The van der Waals surface area contributed by atoms with Crippen molar-refractivity contribution in [1.29, 1.82) is 0 Å². The first-order valence-corrected chi connectivity index (χ1v) is 5.06.